The summed E-state index contributed by atoms with van der Waals surface area (Å²) in [5.74, 6) is -0.423. The summed E-state index contributed by atoms with van der Waals surface area (Å²) >= 11 is 0. The number of hydrogen-bond acceptors (Lipinski definition) is 5. The number of carbonyl (C=O) groups excluding carboxylic acids is 2. The number of aromatic nitrogens is 1. The molecule has 0 spiro atoms. The number of aliphatic hydroxyl groups excluding tert-OH is 1. The van der Waals surface area contributed by atoms with Gasteiger partial charge in [0.15, 0.2) is 0 Å². The van der Waals surface area contributed by atoms with Crippen LogP contribution in [0.5, 0.6) is 5.75 Å². The van der Waals surface area contributed by atoms with E-state index in [-0.39, 0.29) is 11.3 Å². The Bertz CT molecular complexity index is 921. The van der Waals surface area contributed by atoms with Gasteiger partial charge in [0.05, 0.1) is 18.2 Å². The van der Waals surface area contributed by atoms with E-state index in [1.54, 1.807) is 12.1 Å². The second kappa shape index (κ2) is 8.90. The molecule has 1 N–H and O–H groups in total. The standard InChI is InChI=1S/C23H26N2O4/c1-4-12-25-20(17-6-5-7-18(13-17)29-14-15(2)3)19(22(27)23(25)28)21(26)16-8-10-24-11-9-16/h5-11,13,15,20,26H,4,12,14H2,1-3H3/b21-19-. The first-order valence-corrected chi connectivity index (χ1v) is 9.85. The molecule has 3 rings (SSSR count). The van der Waals surface area contributed by atoms with Crippen LogP contribution in [0.15, 0.2) is 54.4 Å². The summed E-state index contributed by atoms with van der Waals surface area (Å²) in [4.78, 5) is 31.0. The fraction of sp³-hybridized carbons (Fsp3) is 0.348. The van der Waals surface area contributed by atoms with Crippen LogP contribution in [0, 0.1) is 5.92 Å². The van der Waals surface area contributed by atoms with E-state index in [1.807, 2.05) is 31.2 Å². The molecule has 0 saturated carbocycles. The second-order valence-electron chi connectivity index (χ2n) is 7.51. The van der Waals surface area contributed by atoms with Crippen LogP contribution in [0.25, 0.3) is 5.76 Å². The van der Waals surface area contributed by atoms with Crippen LogP contribution >= 0.6 is 0 Å². The molecule has 1 aliphatic heterocycles. The first kappa shape index (κ1) is 20.6. The van der Waals surface area contributed by atoms with Gasteiger partial charge in [0.1, 0.15) is 11.5 Å². The molecule has 2 aromatic rings. The minimum Gasteiger partial charge on any atom is -0.507 e. The highest BCUT2D eigenvalue weighted by molar-refractivity contribution is 6.46. The largest absolute Gasteiger partial charge is 0.507 e. The van der Waals surface area contributed by atoms with Gasteiger partial charge in [-0.1, -0.05) is 32.9 Å². The van der Waals surface area contributed by atoms with E-state index >= 15 is 0 Å². The number of pyridine rings is 1. The van der Waals surface area contributed by atoms with Crippen LogP contribution in [-0.4, -0.2) is 39.8 Å². The highest BCUT2D eigenvalue weighted by atomic mass is 16.5. The lowest BCUT2D eigenvalue weighted by molar-refractivity contribution is -0.139. The Balaban J connectivity index is 2.09. The monoisotopic (exact) mass is 394 g/mol. The molecule has 0 radical (unpaired) electrons. The number of ether oxygens (including phenoxy) is 1. The molecule has 1 unspecified atom stereocenters. The van der Waals surface area contributed by atoms with Crippen LogP contribution in [0.3, 0.4) is 0 Å². The summed E-state index contributed by atoms with van der Waals surface area (Å²) in [6.45, 7) is 7.06. The molecule has 29 heavy (non-hydrogen) atoms. The molecule has 1 atom stereocenters. The molecule has 1 aromatic carbocycles. The van der Waals surface area contributed by atoms with E-state index in [0.29, 0.717) is 36.8 Å². The Hall–Kier alpha value is -3.15. The van der Waals surface area contributed by atoms with Crippen molar-refractivity contribution in [3.63, 3.8) is 0 Å². The molecule has 6 heteroatoms. The summed E-state index contributed by atoms with van der Waals surface area (Å²) in [5, 5.41) is 10.9. The number of nitrogens with zero attached hydrogens (tertiary/aromatic N) is 2. The summed E-state index contributed by atoms with van der Waals surface area (Å²) in [6, 6.07) is 9.93. The van der Waals surface area contributed by atoms with E-state index in [9.17, 15) is 14.7 Å². The Labute approximate surface area is 170 Å². The zero-order chi connectivity index (χ0) is 21.0. The van der Waals surface area contributed by atoms with E-state index < -0.39 is 17.7 Å². The number of ketones is 1. The fourth-order valence-electron chi connectivity index (χ4n) is 3.40. The first-order valence-electron chi connectivity index (χ1n) is 9.85. The molecule has 6 nitrogen and oxygen atoms in total. The normalized spacial score (nSPS) is 18.5. The van der Waals surface area contributed by atoms with Gasteiger partial charge in [-0.3, -0.25) is 14.6 Å². The summed E-state index contributed by atoms with van der Waals surface area (Å²) in [7, 11) is 0. The maximum atomic E-state index is 12.8. The molecule has 0 bridgehead atoms. The molecule has 1 fully saturated rings. The van der Waals surface area contributed by atoms with E-state index in [4.69, 9.17) is 4.74 Å². The number of carbonyl (C=O) groups is 2. The number of amides is 1. The lowest BCUT2D eigenvalue weighted by Gasteiger charge is -2.25. The average molecular weight is 394 g/mol. The van der Waals surface area contributed by atoms with Crippen molar-refractivity contribution in [3.8, 4) is 5.75 Å². The van der Waals surface area contributed by atoms with Gasteiger partial charge in [-0.05, 0) is 42.2 Å². The second-order valence-corrected chi connectivity index (χ2v) is 7.51. The Morgan fingerprint density at radius 2 is 1.93 bits per heavy atom. The molecular formula is C23H26N2O4. The van der Waals surface area contributed by atoms with Gasteiger partial charge in [-0.15, -0.1) is 0 Å². The predicted octanol–water partition coefficient (Wildman–Crippen LogP) is 3.95. The van der Waals surface area contributed by atoms with E-state index in [2.05, 4.69) is 18.8 Å². The maximum absolute atomic E-state index is 12.8. The average Bonchev–Trinajstić information content (AvgIpc) is 2.98. The van der Waals surface area contributed by atoms with Gasteiger partial charge in [0, 0.05) is 24.5 Å². The third kappa shape index (κ3) is 4.31. The minimum atomic E-state index is -0.675. The van der Waals surface area contributed by atoms with Crippen molar-refractivity contribution in [1.29, 1.82) is 0 Å². The summed E-state index contributed by atoms with van der Waals surface area (Å²) in [6.07, 6.45) is 3.77. The van der Waals surface area contributed by atoms with Gasteiger partial charge in [-0.25, -0.2) is 0 Å². The Morgan fingerprint density at radius 3 is 2.59 bits per heavy atom. The zero-order valence-electron chi connectivity index (χ0n) is 17.0. The number of rotatable bonds is 7. The molecule has 0 aliphatic carbocycles. The van der Waals surface area contributed by atoms with Crippen molar-refractivity contribution in [3.05, 3.63) is 65.5 Å². The number of benzene rings is 1. The quantitative estimate of drug-likeness (QED) is 0.437. The van der Waals surface area contributed by atoms with Crippen molar-refractivity contribution in [2.45, 2.75) is 33.2 Å². The smallest absolute Gasteiger partial charge is 0.295 e. The number of Topliss-reactive ketones (excluding diaryl/α,β-unsaturated/α-hetero) is 1. The molecular weight excluding hydrogens is 368 g/mol. The lowest BCUT2D eigenvalue weighted by Crippen LogP contribution is -2.30. The van der Waals surface area contributed by atoms with Gasteiger partial charge in [-0.2, -0.15) is 0 Å². The third-order valence-corrected chi connectivity index (χ3v) is 4.72. The topological polar surface area (TPSA) is 79.7 Å². The van der Waals surface area contributed by atoms with Gasteiger partial charge in [0.2, 0.25) is 0 Å². The molecule has 1 aromatic heterocycles. The minimum absolute atomic E-state index is 0.0932. The van der Waals surface area contributed by atoms with E-state index in [0.717, 1.165) is 5.56 Å². The van der Waals surface area contributed by atoms with Crippen LogP contribution < -0.4 is 4.74 Å². The van der Waals surface area contributed by atoms with Crippen molar-refractivity contribution < 1.29 is 19.4 Å². The molecule has 1 saturated heterocycles. The Morgan fingerprint density at radius 1 is 1.21 bits per heavy atom. The third-order valence-electron chi connectivity index (χ3n) is 4.72. The van der Waals surface area contributed by atoms with Crippen molar-refractivity contribution in [2.75, 3.05) is 13.2 Å². The summed E-state index contributed by atoms with van der Waals surface area (Å²) < 4.78 is 5.82. The fourth-order valence-corrected chi connectivity index (χ4v) is 3.40. The number of hydrogen-bond donors (Lipinski definition) is 1. The van der Waals surface area contributed by atoms with Crippen LogP contribution in [0.2, 0.25) is 0 Å². The Kier molecular flexibility index (Phi) is 6.32. The lowest BCUT2D eigenvalue weighted by atomic mass is 9.95. The SMILES string of the molecule is CCCN1C(=O)C(=O)/C(=C(\O)c2ccncc2)C1c1cccc(OCC(C)C)c1. The molecule has 2 heterocycles. The van der Waals surface area contributed by atoms with Gasteiger partial charge >= 0.3 is 0 Å². The molecule has 1 aliphatic rings. The van der Waals surface area contributed by atoms with Crippen LogP contribution in [0.1, 0.15) is 44.4 Å². The highest BCUT2D eigenvalue weighted by Gasteiger charge is 2.45. The van der Waals surface area contributed by atoms with E-state index in [1.165, 1.54) is 17.3 Å². The number of likely N-dealkylation sites (tertiary alicyclic amines) is 1. The van der Waals surface area contributed by atoms with Crippen molar-refractivity contribution in [1.82, 2.24) is 9.88 Å². The molecule has 152 valence electrons. The first-order chi connectivity index (χ1) is 13.9. The zero-order valence-corrected chi connectivity index (χ0v) is 17.0. The molecule has 1 amide bonds. The highest BCUT2D eigenvalue weighted by Crippen LogP contribution is 2.40. The van der Waals surface area contributed by atoms with Gasteiger partial charge < -0.3 is 14.7 Å². The van der Waals surface area contributed by atoms with Crippen molar-refractivity contribution in [2.24, 2.45) is 5.92 Å². The van der Waals surface area contributed by atoms with Crippen molar-refractivity contribution >= 4 is 17.4 Å². The maximum Gasteiger partial charge on any atom is 0.295 e. The van der Waals surface area contributed by atoms with Gasteiger partial charge in [0.25, 0.3) is 11.7 Å². The predicted molar refractivity (Wildman–Crippen MR) is 110 cm³/mol. The van der Waals surface area contributed by atoms with Crippen LogP contribution in [-0.2, 0) is 9.59 Å². The summed E-state index contributed by atoms with van der Waals surface area (Å²) in [5.41, 5.74) is 1.27. The number of aliphatic hydroxyl groups is 1. The van der Waals surface area contributed by atoms with Crippen LogP contribution in [0.4, 0.5) is 0 Å².